The molecular formula is C15H19N3O2S. The summed E-state index contributed by atoms with van der Waals surface area (Å²) in [6.07, 6.45) is 0. The van der Waals surface area contributed by atoms with Gasteiger partial charge in [-0.1, -0.05) is 12.1 Å². The fraction of sp³-hybridized carbons (Fsp3) is 0.400. The molecule has 0 radical (unpaired) electrons. The first-order valence-corrected chi connectivity index (χ1v) is 7.59. The molecule has 0 aliphatic heterocycles. The highest BCUT2D eigenvalue weighted by Crippen LogP contribution is 2.27. The number of aryl methyl sites for hydroxylation is 1. The van der Waals surface area contributed by atoms with Crippen LogP contribution in [0.5, 0.6) is 0 Å². The SMILES string of the molecule is Cc1ccc(-c2csc(CNC(C)(C)C)n2)cc1[N+](=O)[O-]. The second-order valence-electron chi connectivity index (χ2n) is 5.99. The average Bonchev–Trinajstić information content (AvgIpc) is 2.84. The monoisotopic (exact) mass is 305 g/mol. The predicted octanol–water partition coefficient (Wildman–Crippen LogP) is 3.91. The summed E-state index contributed by atoms with van der Waals surface area (Å²) in [4.78, 5) is 15.2. The van der Waals surface area contributed by atoms with Crippen LogP contribution in [0.15, 0.2) is 23.6 Å². The van der Waals surface area contributed by atoms with Crippen molar-refractivity contribution in [3.63, 3.8) is 0 Å². The van der Waals surface area contributed by atoms with Gasteiger partial charge >= 0.3 is 0 Å². The predicted molar refractivity (Wildman–Crippen MR) is 85.5 cm³/mol. The molecule has 1 aromatic heterocycles. The van der Waals surface area contributed by atoms with E-state index in [1.165, 1.54) is 0 Å². The normalized spacial score (nSPS) is 11.6. The number of benzene rings is 1. The standard InChI is InChI=1S/C15H19N3O2S/c1-10-5-6-11(7-13(10)18(19)20)12-9-21-14(17-12)8-16-15(2,3)4/h5-7,9,16H,8H2,1-4H3. The van der Waals surface area contributed by atoms with E-state index in [1.54, 1.807) is 30.4 Å². The Balaban J connectivity index is 2.22. The largest absolute Gasteiger partial charge is 0.306 e. The first kappa shape index (κ1) is 15.6. The van der Waals surface area contributed by atoms with Gasteiger partial charge in [0.05, 0.1) is 10.6 Å². The maximum atomic E-state index is 11.0. The lowest BCUT2D eigenvalue weighted by Gasteiger charge is -2.19. The van der Waals surface area contributed by atoms with Crippen LogP contribution in [-0.4, -0.2) is 15.4 Å². The quantitative estimate of drug-likeness (QED) is 0.687. The molecule has 1 N–H and O–H groups in total. The van der Waals surface area contributed by atoms with Crippen LogP contribution >= 0.6 is 11.3 Å². The molecule has 0 amide bonds. The Bertz CT molecular complexity index is 659. The Kier molecular flexibility index (Phi) is 4.39. The molecule has 0 fully saturated rings. The number of nitro groups is 1. The molecule has 6 heteroatoms. The molecule has 0 saturated carbocycles. The van der Waals surface area contributed by atoms with Gasteiger partial charge in [0.15, 0.2) is 0 Å². The molecule has 0 aliphatic carbocycles. The molecule has 1 aromatic carbocycles. The Labute approximate surface area is 128 Å². The highest BCUT2D eigenvalue weighted by atomic mass is 32.1. The van der Waals surface area contributed by atoms with Crippen molar-refractivity contribution in [3.05, 3.63) is 44.3 Å². The van der Waals surface area contributed by atoms with Gasteiger partial charge in [-0.25, -0.2) is 4.98 Å². The van der Waals surface area contributed by atoms with Crippen molar-refractivity contribution in [2.45, 2.75) is 39.8 Å². The zero-order valence-corrected chi connectivity index (χ0v) is 13.5. The Morgan fingerprint density at radius 1 is 1.38 bits per heavy atom. The molecule has 0 spiro atoms. The number of nitrogens with one attached hydrogen (secondary N) is 1. The topological polar surface area (TPSA) is 68.1 Å². The summed E-state index contributed by atoms with van der Waals surface area (Å²) < 4.78 is 0. The van der Waals surface area contributed by atoms with Gasteiger partial charge in [0.2, 0.25) is 0 Å². The third-order valence-corrected chi connectivity index (χ3v) is 3.87. The van der Waals surface area contributed by atoms with Crippen molar-refractivity contribution in [2.24, 2.45) is 0 Å². The van der Waals surface area contributed by atoms with Gasteiger partial charge < -0.3 is 5.32 Å². The van der Waals surface area contributed by atoms with Crippen LogP contribution in [0.1, 0.15) is 31.3 Å². The molecule has 0 aliphatic rings. The summed E-state index contributed by atoms with van der Waals surface area (Å²) in [5.41, 5.74) is 2.40. The third-order valence-electron chi connectivity index (χ3n) is 3.02. The minimum absolute atomic E-state index is 0.0362. The maximum absolute atomic E-state index is 11.0. The number of aromatic nitrogens is 1. The van der Waals surface area contributed by atoms with Gasteiger partial charge in [-0.15, -0.1) is 11.3 Å². The minimum atomic E-state index is -0.354. The van der Waals surface area contributed by atoms with E-state index < -0.39 is 0 Å². The van der Waals surface area contributed by atoms with E-state index in [0.717, 1.165) is 16.3 Å². The van der Waals surface area contributed by atoms with E-state index in [1.807, 2.05) is 11.4 Å². The summed E-state index contributed by atoms with van der Waals surface area (Å²) in [6, 6.07) is 5.23. The molecule has 0 atom stereocenters. The van der Waals surface area contributed by atoms with Gasteiger partial charge in [0, 0.05) is 34.7 Å². The molecule has 0 unspecified atom stereocenters. The zero-order chi connectivity index (χ0) is 15.6. The van der Waals surface area contributed by atoms with Crippen molar-refractivity contribution in [1.82, 2.24) is 10.3 Å². The van der Waals surface area contributed by atoms with E-state index in [4.69, 9.17) is 0 Å². The first-order valence-electron chi connectivity index (χ1n) is 6.71. The third kappa shape index (κ3) is 4.09. The van der Waals surface area contributed by atoms with Crippen LogP contribution in [0, 0.1) is 17.0 Å². The van der Waals surface area contributed by atoms with Crippen molar-refractivity contribution < 1.29 is 4.92 Å². The van der Waals surface area contributed by atoms with Gasteiger partial charge in [-0.05, 0) is 27.7 Å². The number of nitrogens with zero attached hydrogens (tertiary/aromatic N) is 2. The van der Waals surface area contributed by atoms with E-state index in [2.05, 4.69) is 31.1 Å². The van der Waals surface area contributed by atoms with E-state index >= 15 is 0 Å². The van der Waals surface area contributed by atoms with E-state index in [0.29, 0.717) is 12.1 Å². The van der Waals surface area contributed by atoms with Crippen LogP contribution in [0.2, 0.25) is 0 Å². The van der Waals surface area contributed by atoms with Gasteiger partial charge in [0.1, 0.15) is 5.01 Å². The van der Waals surface area contributed by atoms with Crippen molar-refractivity contribution >= 4 is 17.0 Å². The molecule has 2 aromatic rings. The Morgan fingerprint density at radius 3 is 2.71 bits per heavy atom. The van der Waals surface area contributed by atoms with Crippen LogP contribution < -0.4 is 5.32 Å². The number of hydrogen-bond acceptors (Lipinski definition) is 5. The number of nitro benzene ring substituents is 1. The number of rotatable bonds is 4. The van der Waals surface area contributed by atoms with Gasteiger partial charge in [-0.2, -0.15) is 0 Å². The smallest absolute Gasteiger partial charge is 0.272 e. The van der Waals surface area contributed by atoms with Crippen LogP contribution in [-0.2, 0) is 6.54 Å². The van der Waals surface area contributed by atoms with Crippen LogP contribution in [0.3, 0.4) is 0 Å². The summed E-state index contributed by atoms with van der Waals surface area (Å²) >= 11 is 1.56. The second kappa shape index (κ2) is 5.91. The van der Waals surface area contributed by atoms with Crippen LogP contribution in [0.4, 0.5) is 5.69 Å². The summed E-state index contributed by atoms with van der Waals surface area (Å²) in [5.74, 6) is 0. The van der Waals surface area contributed by atoms with E-state index in [9.17, 15) is 10.1 Å². The molecule has 112 valence electrons. The lowest BCUT2D eigenvalue weighted by molar-refractivity contribution is -0.385. The Hall–Kier alpha value is -1.79. The van der Waals surface area contributed by atoms with Crippen molar-refractivity contribution in [1.29, 1.82) is 0 Å². The molecule has 0 saturated heterocycles. The first-order chi connectivity index (χ1) is 9.76. The lowest BCUT2D eigenvalue weighted by atomic mass is 10.1. The second-order valence-corrected chi connectivity index (χ2v) is 6.93. The lowest BCUT2D eigenvalue weighted by Crippen LogP contribution is -2.34. The van der Waals surface area contributed by atoms with Crippen LogP contribution in [0.25, 0.3) is 11.3 Å². The minimum Gasteiger partial charge on any atom is -0.306 e. The van der Waals surface area contributed by atoms with Crippen molar-refractivity contribution in [2.75, 3.05) is 0 Å². The highest BCUT2D eigenvalue weighted by Gasteiger charge is 2.14. The summed E-state index contributed by atoms with van der Waals surface area (Å²) in [5, 5.41) is 17.3. The fourth-order valence-electron chi connectivity index (χ4n) is 1.83. The van der Waals surface area contributed by atoms with Gasteiger partial charge in [0.25, 0.3) is 5.69 Å². The average molecular weight is 305 g/mol. The maximum Gasteiger partial charge on any atom is 0.272 e. The van der Waals surface area contributed by atoms with Gasteiger partial charge in [-0.3, -0.25) is 10.1 Å². The summed E-state index contributed by atoms with van der Waals surface area (Å²) in [7, 11) is 0. The number of thiazole rings is 1. The van der Waals surface area contributed by atoms with Crippen molar-refractivity contribution in [3.8, 4) is 11.3 Å². The molecule has 21 heavy (non-hydrogen) atoms. The molecule has 2 rings (SSSR count). The zero-order valence-electron chi connectivity index (χ0n) is 12.6. The Morgan fingerprint density at radius 2 is 2.10 bits per heavy atom. The number of hydrogen-bond donors (Lipinski definition) is 1. The van der Waals surface area contributed by atoms with E-state index in [-0.39, 0.29) is 16.1 Å². The molecule has 5 nitrogen and oxygen atoms in total. The molecule has 1 heterocycles. The summed E-state index contributed by atoms with van der Waals surface area (Å²) in [6.45, 7) is 8.74. The highest BCUT2D eigenvalue weighted by molar-refractivity contribution is 7.09. The molecule has 0 bridgehead atoms. The fourth-order valence-corrected chi connectivity index (χ4v) is 2.57. The molecular weight excluding hydrogens is 286 g/mol.